The third-order valence-electron chi connectivity index (χ3n) is 1.56. The van der Waals surface area contributed by atoms with Crippen LogP contribution in [-0.2, 0) is 0 Å². The third kappa shape index (κ3) is 3.24. The molecule has 0 atom stereocenters. The molecule has 0 unspecified atom stereocenters. The Hall–Kier alpha value is 0.940. The van der Waals surface area contributed by atoms with Crippen molar-refractivity contribution in [2.75, 3.05) is 13.2 Å². The highest BCUT2D eigenvalue weighted by atomic mass is 35.5. The number of benzene rings is 1. The van der Waals surface area contributed by atoms with Crippen LogP contribution in [0.2, 0.25) is 25.1 Å². The Labute approximate surface area is 122 Å². The summed E-state index contributed by atoms with van der Waals surface area (Å²) in [4.78, 5) is 0.483. The van der Waals surface area contributed by atoms with Crippen LogP contribution in [0.5, 0.6) is 0 Å². The van der Waals surface area contributed by atoms with Crippen LogP contribution < -0.4 is 4.72 Å². The maximum atomic E-state index is 8.62. The molecule has 0 fully saturated rings. The molecule has 1 aromatic rings. The van der Waals surface area contributed by atoms with Crippen molar-refractivity contribution in [2.45, 2.75) is 4.90 Å². The van der Waals surface area contributed by atoms with Gasteiger partial charge in [0.25, 0.3) is 0 Å². The van der Waals surface area contributed by atoms with E-state index in [9.17, 15) is 0 Å². The van der Waals surface area contributed by atoms with Crippen LogP contribution in [0.15, 0.2) is 4.90 Å². The number of rotatable bonds is 4. The van der Waals surface area contributed by atoms with E-state index in [2.05, 4.69) is 4.72 Å². The van der Waals surface area contributed by atoms with E-state index in [0.29, 0.717) is 11.4 Å². The minimum atomic E-state index is -0.00269. The van der Waals surface area contributed by atoms with E-state index in [1.807, 2.05) is 0 Å². The molecule has 0 bridgehead atoms. The van der Waals surface area contributed by atoms with Gasteiger partial charge in [0.2, 0.25) is 0 Å². The molecule has 0 spiro atoms. The minimum Gasteiger partial charge on any atom is -0.395 e. The van der Waals surface area contributed by atoms with Crippen LogP contribution in [0.4, 0.5) is 0 Å². The summed E-state index contributed by atoms with van der Waals surface area (Å²) in [5, 5.41) is 9.53. The highest BCUT2D eigenvalue weighted by Gasteiger charge is 2.19. The zero-order chi connectivity index (χ0) is 12.3. The molecule has 16 heavy (non-hydrogen) atoms. The van der Waals surface area contributed by atoms with Gasteiger partial charge in [-0.05, 0) is 11.9 Å². The summed E-state index contributed by atoms with van der Waals surface area (Å²) in [6.45, 7) is 0.381. The maximum Gasteiger partial charge on any atom is 0.0809 e. The lowest BCUT2D eigenvalue weighted by Gasteiger charge is -2.11. The van der Waals surface area contributed by atoms with Crippen molar-refractivity contribution in [3.8, 4) is 0 Å². The first-order chi connectivity index (χ1) is 7.50. The molecule has 0 aliphatic rings. The Bertz CT molecular complexity index is 372. The molecule has 0 saturated carbocycles. The Morgan fingerprint density at radius 3 is 1.75 bits per heavy atom. The van der Waals surface area contributed by atoms with E-state index in [4.69, 9.17) is 63.1 Å². The van der Waals surface area contributed by atoms with Gasteiger partial charge in [-0.25, -0.2) is 0 Å². The van der Waals surface area contributed by atoms with Gasteiger partial charge in [-0.3, -0.25) is 4.72 Å². The Morgan fingerprint density at radius 1 is 0.875 bits per heavy atom. The molecule has 0 heterocycles. The monoisotopic (exact) mass is 339 g/mol. The summed E-state index contributed by atoms with van der Waals surface area (Å²) in [5.74, 6) is 0. The molecule has 0 radical (unpaired) electrons. The van der Waals surface area contributed by atoms with Gasteiger partial charge in [0.1, 0.15) is 0 Å². The number of aliphatic hydroxyl groups is 1. The predicted molar refractivity (Wildman–Crippen MR) is 72.4 cm³/mol. The van der Waals surface area contributed by atoms with Crippen molar-refractivity contribution in [3.05, 3.63) is 25.1 Å². The van der Waals surface area contributed by atoms with E-state index >= 15 is 0 Å². The van der Waals surface area contributed by atoms with Crippen LogP contribution >= 0.6 is 70.0 Å². The topological polar surface area (TPSA) is 32.3 Å². The van der Waals surface area contributed by atoms with Crippen molar-refractivity contribution in [2.24, 2.45) is 0 Å². The van der Waals surface area contributed by atoms with Crippen molar-refractivity contribution in [3.63, 3.8) is 0 Å². The van der Waals surface area contributed by atoms with Crippen LogP contribution in [0.1, 0.15) is 0 Å². The van der Waals surface area contributed by atoms with E-state index in [1.165, 1.54) is 0 Å². The smallest absolute Gasteiger partial charge is 0.0809 e. The maximum absolute atomic E-state index is 8.62. The van der Waals surface area contributed by atoms with Crippen molar-refractivity contribution < 1.29 is 5.11 Å². The molecule has 2 nitrogen and oxygen atoms in total. The zero-order valence-corrected chi connectivity index (χ0v) is 12.3. The Balaban J connectivity index is 3.08. The molecular weight excluding hydrogens is 335 g/mol. The van der Waals surface area contributed by atoms with E-state index in [0.717, 1.165) is 11.9 Å². The minimum absolute atomic E-state index is 0.00269. The molecule has 2 N–H and O–H groups in total. The van der Waals surface area contributed by atoms with Crippen molar-refractivity contribution in [1.29, 1.82) is 0 Å². The SMILES string of the molecule is OCCNSc1c(Cl)c(Cl)c(Cl)c(Cl)c1Cl. The largest absolute Gasteiger partial charge is 0.395 e. The quantitative estimate of drug-likeness (QED) is 0.365. The molecule has 0 aromatic heterocycles. The summed E-state index contributed by atoms with van der Waals surface area (Å²) in [7, 11) is 0. The first-order valence-electron chi connectivity index (χ1n) is 4.02. The Morgan fingerprint density at radius 2 is 1.31 bits per heavy atom. The molecular formula is C8H6Cl5NOS. The van der Waals surface area contributed by atoms with Crippen LogP contribution in [0.25, 0.3) is 0 Å². The third-order valence-corrected chi connectivity index (χ3v) is 5.02. The van der Waals surface area contributed by atoms with Gasteiger partial charge in [-0.1, -0.05) is 58.0 Å². The average Bonchev–Trinajstić information content (AvgIpc) is 2.28. The number of nitrogens with one attached hydrogen (secondary N) is 1. The van der Waals surface area contributed by atoms with Gasteiger partial charge in [-0.15, -0.1) is 0 Å². The normalized spacial score (nSPS) is 10.9. The molecule has 0 amide bonds. The van der Waals surface area contributed by atoms with Crippen LogP contribution in [0, 0.1) is 0 Å². The second kappa shape index (κ2) is 6.76. The molecule has 1 rings (SSSR count). The Kier molecular flexibility index (Phi) is 6.34. The molecule has 0 saturated heterocycles. The fourth-order valence-corrected chi connectivity index (χ4v) is 3.05. The lowest BCUT2D eigenvalue weighted by molar-refractivity contribution is 0.302. The van der Waals surface area contributed by atoms with Crippen LogP contribution in [0.3, 0.4) is 0 Å². The summed E-state index contributed by atoms with van der Waals surface area (Å²) in [5.41, 5.74) is 0. The van der Waals surface area contributed by atoms with Crippen molar-refractivity contribution in [1.82, 2.24) is 4.72 Å². The second-order valence-corrected chi connectivity index (χ2v) is 5.41. The lowest BCUT2D eigenvalue weighted by atomic mass is 10.3. The summed E-state index contributed by atoms with van der Waals surface area (Å²) in [6, 6.07) is 0. The molecule has 90 valence electrons. The van der Waals surface area contributed by atoms with Gasteiger partial charge in [0.15, 0.2) is 0 Å². The lowest BCUT2D eigenvalue weighted by Crippen LogP contribution is -2.09. The molecule has 1 aromatic carbocycles. The second-order valence-electron chi connectivity index (χ2n) is 2.62. The molecule has 8 heteroatoms. The zero-order valence-electron chi connectivity index (χ0n) is 7.66. The van der Waals surface area contributed by atoms with Gasteiger partial charge >= 0.3 is 0 Å². The van der Waals surface area contributed by atoms with Gasteiger partial charge in [-0.2, -0.15) is 0 Å². The van der Waals surface area contributed by atoms with Crippen molar-refractivity contribution >= 4 is 70.0 Å². The standard InChI is InChI=1S/C8H6Cl5NOS/c9-3-4(10)6(12)8(7(13)5(3)11)16-14-1-2-15/h14-15H,1-2H2. The molecule has 0 aliphatic carbocycles. The van der Waals surface area contributed by atoms with Gasteiger partial charge < -0.3 is 5.11 Å². The predicted octanol–water partition coefficient (Wildman–Crippen LogP) is 4.54. The number of hydrogen-bond acceptors (Lipinski definition) is 3. The number of aliphatic hydroxyl groups excluding tert-OH is 1. The van der Waals surface area contributed by atoms with E-state index < -0.39 is 0 Å². The summed E-state index contributed by atoms with van der Waals surface area (Å²) in [6.07, 6.45) is 0. The van der Waals surface area contributed by atoms with E-state index in [1.54, 1.807) is 0 Å². The van der Waals surface area contributed by atoms with E-state index in [-0.39, 0.29) is 31.7 Å². The van der Waals surface area contributed by atoms with Gasteiger partial charge in [0.05, 0.1) is 36.6 Å². The first kappa shape index (κ1) is 15.0. The highest BCUT2D eigenvalue weighted by molar-refractivity contribution is 7.97. The fraction of sp³-hybridized carbons (Fsp3) is 0.250. The first-order valence-corrected chi connectivity index (χ1v) is 6.73. The molecule has 0 aliphatic heterocycles. The van der Waals surface area contributed by atoms with Gasteiger partial charge in [0, 0.05) is 6.54 Å². The van der Waals surface area contributed by atoms with Crippen LogP contribution in [-0.4, -0.2) is 18.3 Å². The number of halogens is 5. The number of hydrogen-bond donors (Lipinski definition) is 2. The highest BCUT2D eigenvalue weighted by Crippen LogP contribution is 2.47. The summed E-state index contributed by atoms with van der Waals surface area (Å²) >= 11 is 30.6. The fourth-order valence-electron chi connectivity index (χ4n) is 0.843. The average molecular weight is 341 g/mol. The summed E-state index contributed by atoms with van der Waals surface area (Å²) < 4.78 is 2.84.